The van der Waals surface area contributed by atoms with Gasteiger partial charge in [-0.1, -0.05) is 20.8 Å². The number of hydrogen-bond acceptors (Lipinski definition) is 2. The molecule has 0 saturated heterocycles. The molecule has 0 aliphatic rings. The molecule has 2 rings (SSSR count). The van der Waals surface area contributed by atoms with Gasteiger partial charge in [0.1, 0.15) is 10.3 Å². The van der Waals surface area contributed by atoms with Gasteiger partial charge in [0.15, 0.2) is 0 Å². The van der Waals surface area contributed by atoms with Gasteiger partial charge in [0, 0.05) is 12.6 Å². The number of imidazole rings is 1. The Morgan fingerprint density at radius 1 is 1.42 bits per heavy atom. The first-order valence-electron chi connectivity index (χ1n) is 6.20. The number of nitrogens with zero attached hydrogens (tertiary/aromatic N) is 2. The summed E-state index contributed by atoms with van der Waals surface area (Å²) in [6.45, 7) is 8.12. The predicted octanol–water partition coefficient (Wildman–Crippen LogP) is 3.78. The molecule has 1 amide bonds. The number of carbonyl (C=O) groups is 1. The Kier molecular flexibility index (Phi) is 3.67. The minimum Gasteiger partial charge on any atom is -0.325 e. The van der Waals surface area contributed by atoms with Gasteiger partial charge in [0.05, 0.1) is 11.4 Å². The number of carbonyl (C=O) groups excluding carboxylic acids is 1. The molecule has 2 aromatic rings. The summed E-state index contributed by atoms with van der Waals surface area (Å²) < 4.78 is 2.78. The fourth-order valence-electron chi connectivity index (χ4n) is 1.89. The lowest BCUT2D eigenvalue weighted by Crippen LogP contribution is -2.19. The maximum Gasteiger partial charge on any atom is 0.224 e. The summed E-state index contributed by atoms with van der Waals surface area (Å²) in [5.41, 5.74) is 2.65. The van der Waals surface area contributed by atoms with Crippen LogP contribution in [-0.4, -0.2) is 15.3 Å². The Hall–Kier alpha value is -1.36. The van der Waals surface area contributed by atoms with Crippen molar-refractivity contribution in [2.75, 3.05) is 5.32 Å². The van der Waals surface area contributed by atoms with Crippen molar-refractivity contribution in [2.45, 2.75) is 34.1 Å². The van der Waals surface area contributed by atoms with Crippen molar-refractivity contribution in [2.24, 2.45) is 5.41 Å². The minimum atomic E-state index is -0.0118. The highest BCUT2D eigenvalue weighted by atomic mass is 79.9. The second kappa shape index (κ2) is 4.96. The Morgan fingerprint density at radius 3 is 2.74 bits per heavy atom. The number of anilines is 1. The molecular weight excluding hydrogens is 306 g/mol. The number of aryl methyl sites for hydroxylation is 1. The topological polar surface area (TPSA) is 46.4 Å². The van der Waals surface area contributed by atoms with Crippen LogP contribution in [0.2, 0.25) is 0 Å². The summed E-state index contributed by atoms with van der Waals surface area (Å²) in [5, 5.41) is 2.92. The minimum absolute atomic E-state index is 0.0118. The van der Waals surface area contributed by atoms with Crippen LogP contribution in [0, 0.1) is 12.3 Å². The average molecular weight is 324 g/mol. The molecule has 1 N–H and O–H groups in total. The molecule has 0 aromatic carbocycles. The summed E-state index contributed by atoms with van der Waals surface area (Å²) in [7, 11) is 0. The van der Waals surface area contributed by atoms with E-state index in [1.54, 1.807) is 0 Å². The van der Waals surface area contributed by atoms with E-state index < -0.39 is 0 Å². The Morgan fingerprint density at radius 2 is 2.11 bits per heavy atom. The predicted molar refractivity (Wildman–Crippen MR) is 80.3 cm³/mol. The molecule has 2 aromatic heterocycles. The molecule has 0 bridgehead atoms. The van der Waals surface area contributed by atoms with E-state index >= 15 is 0 Å². The fraction of sp³-hybridized carbons (Fsp3) is 0.429. The van der Waals surface area contributed by atoms with E-state index in [1.807, 2.05) is 50.4 Å². The Balaban J connectivity index is 2.22. The van der Waals surface area contributed by atoms with Crippen LogP contribution in [0.25, 0.3) is 5.65 Å². The second-order valence-corrected chi connectivity index (χ2v) is 6.67. The number of nitrogens with one attached hydrogen (secondary N) is 1. The fourth-order valence-corrected chi connectivity index (χ4v) is 2.27. The normalized spacial score (nSPS) is 11.8. The van der Waals surface area contributed by atoms with Crippen molar-refractivity contribution in [3.05, 3.63) is 28.6 Å². The lowest BCUT2D eigenvalue weighted by atomic mass is 9.92. The number of fused-ring (bicyclic) bond motifs is 1. The van der Waals surface area contributed by atoms with Gasteiger partial charge >= 0.3 is 0 Å². The third-order valence-corrected chi connectivity index (χ3v) is 3.53. The summed E-state index contributed by atoms with van der Waals surface area (Å²) in [5.74, 6) is 0.0312. The Bertz CT molecular complexity index is 625. The molecule has 5 heteroatoms. The van der Waals surface area contributed by atoms with Crippen molar-refractivity contribution in [3.8, 4) is 0 Å². The molecule has 0 radical (unpaired) electrons. The van der Waals surface area contributed by atoms with E-state index in [9.17, 15) is 4.79 Å². The van der Waals surface area contributed by atoms with Crippen LogP contribution in [0.3, 0.4) is 0 Å². The zero-order chi connectivity index (χ0) is 14.2. The first kappa shape index (κ1) is 14.1. The molecule has 102 valence electrons. The van der Waals surface area contributed by atoms with Crippen molar-refractivity contribution in [1.29, 1.82) is 0 Å². The lowest BCUT2D eigenvalue weighted by molar-refractivity contribution is -0.117. The zero-order valence-electron chi connectivity index (χ0n) is 11.6. The second-order valence-electron chi connectivity index (χ2n) is 5.92. The number of halogens is 1. The van der Waals surface area contributed by atoms with Crippen LogP contribution in [0.15, 0.2) is 22.9 Å². The van der Waals surface area contributed by atoms with Crippen LogP contribution < -0.4 is 5.32 Å². The van der Waals surface area contributed by atoms with Gasteiger partial charge in [-0.05, 0) is 40.4 Å². The van der Waals surface area contributed by atoms with Crippen LogP contribution in [0.4, 0.5) is 5.69 Å². The van der Waals surface area contributed by atoms with E-state index in [-0.39, 0.29) is 11.3 Å². The first-order chi connectivity index (χ1) is 8.76. The van der Waals surface area contributed by atoms with E-state index in [0.717, 1.165) is 21.6 Å². The third-order valence-electron chi connectivity index (χ3n) is 2.77. The van der Waals surface area contributed by atoms with E-state index in [1.165, 1.54) is 0 Å². The molecule has 0 unspecified atom stereocenters. The molecule has 0 spiro atoms. The highest BCUT2D eigenvalue weighted by Gasteiger charge is 2.16. The van der Waals surface area contributed by atoms with Crippen molar-refractivity contribution < 1.29 is 4.79 Å². The van der Waals surface area contributed by atoms with E-state index in [0.29, 0.717) is 6.42 Å². The zero-order valence-corrected chi connectivity index (χ0v) is 13.2. The average Bonchev–Trinajstić information content (AvgIpc) is 2.53. The number of hydrogen-bond donors (Lipinski definition) is 1. The van der Waals surface area contributed by atoms with Crippen molar-refractivity contribution in [3.63, 3.8) is 0 Å². The van der Waals surface area contributed by atoms with Gasteiger partial charge < -0.3 is 9.72 Å². The number of aromatic nitrogens is 2. The summed E-state index contributed by atoms with van der Waals surface area (Å²) in [6, 6.07) is 3.76. The van der Waals surface area contributed by atoms with Gasteiger partial charge in [0.2, 0.25) is 5.91 Å². The van der Waals surface area contributed by atoms with Gasteiger partial charge in [0.25, 0.3) is 0 Å². The molecule has 0 atom stereocenters. The molecule has 0 saturated carbocycles. The number of amides is 1. The lowest BCUT2D eigenvalue weighted by Gasteiger charge is -2.17. The van der Waals surface area contributed by atoms with E-state index in [4.69, 9.17) is 0 Å². The van der Waals surface area contributed by atoms with Gasteiger partial charge in [-0.2, -0.15) is 0 Å². The van der Waals surface area contributed by atoms with Crippen LogP contribution >= 0.6 is 15.9 Å². The van der Waals surface area contributed by atoms with Crippen molar-refractivity contribution >= 4 is 33.2 Å². The van der Waals surface area contributed by atoms with E-state index in [2.05, 4.69) is 26.2 Å². The van der Waals surface area contributed by atoms with Crippen molar-refractivity contribution in [1.82, 2.24) is 9.38 Å². The summed E-state index contributed by atoms with van der Waals surface area (Å²) >= 11 is 3.40. The first-order valence-corrected chi connectivity index (χ1v) is 7.00. The molecule has 0 fully saturated rings. The number of rotatable bonds is 2. The molecule has 2 heterocycles. The largest absolute Gasteiger partial charge is 0.325 e. The molecule has 4 nitrogen and oxygen atoms in total. The highest BCUT2D eigenvalue weighted by molar-refractivity contribution is 9.10. The third kappa shape index (κ3) is 3.35. The molecule has 0 aliphatic heterocycles. The maximum atomic E-state index is 11.9. The van der Waals surface area contributed by atoms with Gasteiger partial charge in [-0.15, -0.1) is 0 Å². The van der Waals surface area contributed by atoms with Gasteiger partial charge in [-0.3, -0.25) is 4.79 Å². The van der Waals surface area contributed by atoms with Crippen LogP contribution in [0.1, 0.15) is 32.9 Å². The highest BCUT2D eigenvalue weighted by Crippen LogP contribution is 2.22. The van der Waals surface area contributed by atoms with Crippen LogP contribution in [0.5, 0.6) is 0 Å². The monoisotopic (exact) mass is 323 g/mol. The SMILES string of the molecule is Cc1c(Br)nc2ccc(NC(=O)CC(C)(C)C)cn12. The standard InChI is InChI=1S/C14H18BrN3O/c1-9-13(15)17-11-6-5-10(8-18(9)11)16-12(19)7-14(2,3)4/h5-6,8H,7H2,1-4H3,(H,16,19). The molecular formula is C14H18BrN3O. The molecule has 19 heavy (non-hydrogen) atoms. The Labute approximate surface area is 121 Å². The summed E-state index contributed by atoms with van der Waals surface area (Å²) in [4.78, 5) is 16.3. The van der Waals surface area contributed by atoms with Gasteiger partial charge in [-0.25, -0.2) is 4.98 Å². The quantitative estimate of drug-likeness (QED) is 0.914. The summed E-state index contributed by atoms with van der Waals surface area (Å²) in [6.07, 6.45) is 2.39. The van der Waals surface area contributed by atoms with Crippen LogP contribution in [-0.2, 0) is 4.79 Å². The smallest absolute Gasteiger partial charge is 0.224 e. The maximum absolute atomic E-state index is 11.9. The number of pyridine rings is 1. The molecule has 0 aliphatic carbocycles.